The molecular formula is C29H38N8O3. The van der Waals surface area contributed by atoms with E-state index in [0.29, 0.717) is 37.0 Å². The standard InChI is InChI=1S/C29H38N8O3/c1-18-15-24(34-27(38)32-19-7-5-6-8-19)33-25-22(18)16-30-26(35-25)31-20-9-11-21(12-10-20)36-13-14-37(28(39)40)23(17-36)29(2,3)4/h9-12,15-16,19,23H,5-8,13-14,17H2,1-4H3,(H,39,40)(H3,30,31,32,33,34,35,38). The maximum Gasteiger partial charge on any atom is 0.407 e. The number of nitrogens with zero attached hydrogens (tertiary/aromatic N) is 5. The third-order valence-electron chi connectivity index (χ3n) is 7.82. The lowest BCUT2D eigenvalue weighted by atomic mass is 9.84. The molecule has 1 aliphatic heterocycles. The van der Waals surface area contributed by atoms with Gasteiger partial charge in [0.05, 0.1) is 6.04 Å². The number of hydrogen-bond acceptors (Lipinski definition) is 7. The molecule has 5 rings (SSSR count). The van der Waals surface area contributed by atoms with Crippen molar-refractivity contribution in [2.75, 3.05) is 35.2 Å². The molecule has 11 heteroatoms. The summed E-state index contributed by atoms with van der Waals surface area (Å²) in [4.78, 5) is 41.6. The third kappa shape index (κ3) is 6.19. The van der Waals surface area contributed by atoms with Crippen LogP contribution in [0.25, 0.3) is 11.0 Å². The summed E-state index contributed by atoms with van der Waals surface area (Å²) < 4.78 is 0. The van der Waals surface area contributed by atoms with Gasteiger partial charge in [-0.2, -0.15) is 4.98 Å². The quantitative estimate of drug-likeness (QED) is 0.336. The summed E-state index contributed by atoms with van der Waals surface area (Å²) >= 11 is 0. The van der Waals surface area contributed by atoms with E-state index in [1.54, 1.807) is 11.1 Å². The molecule has 1 unspecified atom stereocenters. The van der Waals surface area contributed by atoms with Crippen molar-refractivity contribution in [1.82, 2.24) is 25.2 Å². The van der Waals surface area contributed by atoms with E-state index < -0.39 is 6.09 Å². The summed E-state index contributed by atoms with van der Waals surface area (Å²) in [6, 6.07) is 9.66. The number of fused-ring (bicyclic) bond motifs is 1. The number of urea groups is 1. The minimum absolute atomic E-state index is 0.105. The van der Waals surface area contributed by atoms with E-state index in [-0.39, 0.29) is 23.5 Å². The number of benzene rings is 1. The van der Waals surface area contributed by atoms with E-state index in [0.717, 1.165) is 48.0 Å². The number of piperazine rings is 1. The maximum absolute atomic E-state index is 12.4. The molecule has 1 aromatic carbocycles. The zero-order valence-electron chi connectivity index (χ0n) is 23.6. The second-order valence-corrected chi connectivity index (χ2v) is 11.8. The van der Waals surface area contributed by atoms with E-state index >= 15 is 0 Å². The van der Waals surface area contributed by atoms with Crippen LogP contribution in [0, 0.1) is 12.3 Å². The molecule has 40 heavy (non-hydrogen) atoms. The SMILES string of the molecule is Cc1cc(NC(=O)NC2CCCC2)nc2nc(Nc3ccc(N4CCN(C(=O)O)C(C(C)(C)C)C4)cc3)ncc12. The lowest BCUT2D eigenvalue weighted by molar-refractivity contribution is 0.0748. The van der Waals surface area contributed by atoms with Crippen molar-refractivity contribution in [3.8, 4) is 0 Å². The van der Waals surface area contributed by atoms with Gasteiger partial charge >= 0.3 is 12.1 Å². The highest BCUT2D eigenvalue weighted by Gasteiger charge is 2.38. The number of carboxylic acid groups (broad SMARTS) is 1. The van der Waals surface area contributed by atoms with Gasteiger partial charge in [-0.05, 0) is 61.1 Å². The predicted molar refractivity (Wildman–Crippen MR) is 156 cm³/mol. The molecule has 0 radical (unpaired) electrons. The predicted octanol–water partition coefficient (Wildman–Crippen LogP) is 5.36. The summed E-state index contributed by atoms with van der Waals surface area (Å²) in [6.45, 7) is 9.92. The van der Waals surface area contributed by atoms with E-state index in [1.807, 2.05) is 37.3 Å². The average molecular weight is 547 g/mol. The summed E-state index contributed by atoms with van der Waals surface area (Å²) in [5.74, 6) is 0.855. The highest BCUT2D eigenvalue weighted by atomic mass is 16.4. The van der Waals surface area contributed by atoms with Crippen LogP contribution in [-0.4, -0.2) is 68.8 Å². The van der Waals surface area contributed by atoms with Gasteiger partial charge in [-0.15, -0.1) is 0 Å². The highest BCUT2D eigenvalue weighted by Crippen LogP contribution is 2.31. The largest absolute Gasteiger partial charge is 0.465 e. The van der Waals surface area contributed by atoms with Crippen molar-refractivity contribution in [2.45, 2.75) is 65.5 Å². The van der Waals surface area contributed by atoms with Gasteiger partial charge in [0.25, 0.3) is 0 Å². The number of carbonyl (C=O) groups is 2. The molecule has 1 saturated heterocycles. The fourth-order valence-electron chi connectivity index (χ4n) is 5.57. The Morgan fingerprint density at radius 1 is 1.05 bits per heavy atom. The number of aromatic nitrogens is 3. The molecule has 1 saturated carbocycles. The van der Waals surface area contributed by atoms with Crippen LogP contribution in [0.5, 0.6) is 0 Å². The molecule has 2 aliphatic rings. The van der Waals surface area contributed by atoms with Crippen molar-refractivity contribution in [3.05, 3.63) is 42.1 Å². The van der Waals surface area contributed by atoms with Gasteiger partial charge in [0.2, 0.25) is 5.95 Å². The first-order valence-electron chi connectivity index (χ1n) is 13.9. The zero-order valence-corrected chi connectivity index (χ0v) is 23.6. The Hall–Kier alpha value is -4.15. The van der Waals surface area contributed by atoms with E-state index in [9.17, 15) is 14.7 Å². The van der Waals surface area contributed by atoms with Gasteiger partial charge < -0.3 is 25.5 Å². The number of rotatable bonds is 5. The zero-order chi connectivity index (χ0) is 28.4. The molecular weight excluding hydrogens is 508 g/mol. The molecule has 3 amide bonds. The van der Waals surface area contributed by atoms with Crippen molar-refractivity contribution in [1.29, 1.82) is 0 Å². The monoisotopic (exact) mass is 546 g/mol. The topological polar surface area (TPSA) is 136 Å². The Bertz CT molecular complexity index is 1380. The van der Waals surface area contributed by atoms with Crippen molar-refractivity contribution < 1.29 is 14.7 Å². The minimum atomic E-state index is -0.866. The van der Waals surface area contributed by atoms with Crippen molar-refractivity contribution >= 4 is 46.3 Å². The van der Waals surface area contributed by atoms with Gasteiger partial charge in [0, 0.05) is 48.6 Å². The summed E-state index contributed by atoms with van der Waals surface area (Å²) in [7, 11) is 0. The summed E-state index contributed by atoms with van der Waals surface area (Å²) in [5.41, 5.74) is 3.10. The molecule has 11 nitrogen and oxygen atoms in total. The minimum Gasteiger partial charge on any atom is -0.465 e. The van der Waals surface area contributed by atoms with Gasteiger partial charge in [0.1, 0.15) is 5.82 Å². The second-order valence-electron chi connectivity index (χ2n) is 11.8. The molecule has 4 N–H and O–H groups in total. The molecule has 2 fully saturated rings. The molecule has 0 spiro atoms. The highest BCUT2D eigenvalue weighted by molar-refractivity contribution is 5.90. The van der Waals surface area contributed by atoms with Crippen LogP contribution in [0.3, 0.4) is 0 Å². The number of nitrogens with one attached hydrogen (secondary N) is 3. The Morgan fingerprint density at radius 3 is 2.45 bits per heavy atom. The number of aryl methyl sites for hydroxylation is 1. The average Bonchev–Trinajstić information content (AvgIpc) is 3.41. The van der Waals surface area contributed by atoms with Gasteiger partial charge in [-0.25, -0.2) is 19.6 Å². The lowest BCUT2D eigenvalue weighted by Gasteiger charge is -2.46. The van der Waals surface area contributed by atoms with Crippen LogP contribution in [0.4, 0.5) is 32.7 Å². The molecule has 0 bridgehead atoms. The second kappa shape index (κ2) is 11.1. The third-order valence-corrected chi connectivity index (χ3v) is 7.82. The molecule has 212 valence electrons. The Balaban J connectivity index is 1.27. The van der Waals surface area contributed by atoms with Crippen molar-refractivity contribution in [3.63, 3.8) is 0 Å². The summed E-state index contributed by atoms with van der Waals surface area (Å²) in [5, 5.41) is 19.6. The molecule has 1 atom stereocenters. The first-order valence-corrected chi connectivity index (χ1v) is 13.9. The lowest BCUT2D eigenvalue weighted by Crippen LogP contribution is -2.59. The van der Waals surface area contributed by atoms with Crippen LogP contribution in [0.15, 0.2) is 36.5 Å². The van der Waals surface area contributed by atoms with Gasteiger partial charge in [-0.1, -0.05) is 33.6 Å². The fraction of sp³-hybridized carbons (Fsp3) is 0.483. The van der Waals surface area contributed by atoms with E-state index in [4.69, 9.17) is 0 Å². The van der Waals surface area contributed by atoms with Crippen LogP contribution >= 0.6 is 0 Å². The maximum atomic E-state index is 12.4. The van der Waals surface area contributed by atoms with Gasteiger partial charge in [0.15, 0.2) is 5.65 Å². The molecule has 2 aromatic heterocycles. The smallest absolute Gasteiger partial charge is 0.407 e. The van der Waals surface area contributed by atoms with Crippen LogP contribution < -0.4 is 20.9 Å². The van der Waals surface area contributed by atoms with E-state index in [1.165, 1.54) is 0 Å². The van der Waals surface area contributed by atoms with Crippen LogP contribution in [0.2, 0.25) is 0 Å². The first-order chi connectivity index (χ1) is 19.1. The number of hydrogen-bond donors (Lipinski definition) is 4. The molecule has 3 heterocycles. The fourth-order valence-corrected chi connectivity index (χ4v) is 5.57. The van der Waals surface area contributed by atoms with Crippen LogP contribution in [0.1, 0.15) is 52.0 Å². The Labute approximate surface area is 234 Å². The normalized spacial score (nSPS) is 18.1. The molecule has 3 aromatic rings. The number of pyridine rings is 1. The first kappa shape index (κ1) is 27.4. The number of amides is 3. The Morgan fingerprint density at radius 2 is 1.77 bits per heavy atom. The number of carbonyl (C=O) groups excluding carboxylic acids is 1. The van der Waals surface area contributed by atoms with Gasteiger partial charge in [-0.3, -0.25) is 5.32 Å². The van der Waals surface area contributed by atoms with E-state index in [2.05, 4.69) is 56.6 Å². The van der Waals surface area contributed by atoms with Crippen LogP contribution in [-0.2, 0) is 0 Å². The Kier molecular flexibility index (Phi) is 7.64. The van der Waals surface area contributed by atoms with Crippen molar-refractivity contribution in [2.24, 2.45) is 5.41 Å². The number of anilines is 4. The summed E-state index contributed by atoms with van der Waals surface area (Å²) in [6.07, 6.45) is 5.19. The molecule has 1 aliphatic carbocycles.